The molecule has 2 unspecified atom stereocenters. The summed E-state index contributed by atoms with van der Waals surface area (Å²) in [6.07, 6.45) is 3.73. The van der Waals surface area contributed by atoms with Crippen molar-refractivity contribution in [1.29, 1.82) is 0 Å². The van der Waals surface area contributed by atoms with Gasteiger partial charge in [0.1, 0.15) is 0 Å². The normalized spacial score (nSPS) is 24.5. The predicted octanol–water partition coefficient (Wildman–Crippen LogP) is 2.23. The molecule has 0 amide bonds. The summed E-state index contributed by atoms with van der Waals surface area (Å²) in [5, 5.41) is 8.01. The molecule has 2 rings (SSSR count). The molecule has 0 bridgehead atoms. The Morgan fingerprint density at radius 1 is 1.38 bits per heavy atom. The summed E-state index contributed by atoms with van der Waals surface area (Å²) in [5.74, 6) is 0.771. The third-order valence-corrected chi connectivity index (χ3v) is 3.99. The highest BCUT2D eigenvalue weighted by atomic mass is 15.3. The molecule has 3 heteroatoms. The quantitative estimate of drug-likeness (QED) is 0.845. The van der Waals surface area contributed by atoms with Gasteiger partial charge in [-0.15, -0.1) is 0 Å². The van der Waals surface area contributed by atoms with Crippen molar-refractivity contribution in [2.24, 2.45) is 5.92 Å². The zero-order valence-corrected chi connectivity index (χ0v) is 10.9. The predicted molar refractivity (Wildman–Crippen MR) is 66.8 cm³/mol. The van der Waals surface area contributed by atoms with Crippen LogP contribution in [0.3, 0.4) is 0 Å². The molecule has 2 atom stereocenters. The van der Waals surface area contributed by atoms with E-state index in [0.717, 1.165) is 18.9 Å². The fourth-order valence-electron chi connectivity index (χ4n) is 2.91. The Labute approximate surface area is 98.2 Å². The smallest absolute Gasteiger partial charge is 0.0628 e. The molecule has 1 aromatic rings. The van der Waals surface area contributed by atoms with Crippen molar-refractivity contribution in [3.63, 3.8) is 0 Å². The van der Waals surface area contributed by atoms with E-state index in [9.17, 15) is 0 Å². The van der Waals surface area contributed by atoms with E-state index in [1.54, 1.807) is 0 Å². The van der Waals surface area contributed by atoms with Crippen LogP contribution in [0.2, 0.25) is 0 Å². The maximum absolute atomic E-state index is 4.72. The number of rotatable bonds is 4. The first-order valence-electron chi connectivity index (χ1n) is 6.38. The highest BCUT2D eigenvalue weighted by molar-refractivity contribution is 5.25. The highest BCUT2D eigenvalue weighted by Gasteiger charge is 2.33. The van der Waals surface area contributed by atoms with Crippen LogP contribution in [0.5, 0.6) is 0 Å². The van der Waals surface area contributed by atoms with Gasteiger partial charge >= 0.3 is 0 Å². The average Bonchev–Trinajstić information content (AvgIpc) is 2.49. The van der Waals surface area contributed by atoms with E-state index in [-0.39, 0.29) is 0 Å². The topological polar surface area (TPSA) is 29.9 Å². The Kier molecular flexibility index (Phi) is 3.33. The summed E-state index contributed by atoms with van der Waals surface area (Å²) in [7, 11) is 2.04. The molecule has 0 spiro atoms. The summed E-state index contributed by atoms with van der Waals surface area (Å²) in [6.45, 7) is 7.68. The van der Waals surface area contributed by atoms with Gasteiger partial charge in [0.25, 0.3) is 0 Å². The number of hydrogen-bond acceptors (Lipinski definition) is 2. The third kappa shape index (κ3) is 1.77. The van der Waals surface area contributed by atoms with Crippen LogP contribution >= 0.6 is 0 Å². The molecular formula is C13H23N3. The zero-order valence-electron chi connectivity index (χ0n) is 10.9. The summed E-state index contributed by atoms with van der Waals surface area (Å²) in [6, 6.07) is 0.631. The molecule has 1 fully saturated rings. The first-order valence-corrected chi connectivity index (χ1v) is 6.38. The molecule has 1 saturated carbocycles. The van der Waals surface area contributed by atoms with Gasteiger partial charge in [-0.05, 0) is 58.2 Å². The lowest BCUT2D eigenvalue weighted by atomic mass is 9.79. The van der Waals surface area contributed by atoms with E-state index >= 15 is 0 Å². The second-order valence-corrected chi connectivity index (χ2v) is 4.91. The molecule has 1 aromatic heterocycles. The van der Waals surface area contributed by atoms with E-state index < -0.39 is 0 Å². The number of nitrogens with one attached hydrogen (secondary N) is 1. The lowest BCUT2D eigenvalue weighted by Crippen LogP contribution is -2.36. The van der Waals surface area contributed by atoms with Crippen molar-refractivity contribution in [3.8, 4) is 0 Å². The number of aryl methyl sites for hydroxylation is 1. The monoisotopic (exact) mass is 221 g/mol. The van der Waals surface area contributed by atoms with Crippen LogP contribution in [0.25, 0.3) is 0 Å². The van der Waals surface area contributed by atoms with Crippen LogP contribution in [0.1, 0.15) is 42.8 Å². The Morgan fingerprint density at radius 3 is 2.56 bits per heavy atom. The molecule has 1 aliphatic rings. The Bertz CT molecular complexity index is 367. The van der Waals surface area contributed by atoms with Crippen molar-refractivity contribution < 1.29 is 0 Å². The molecule has 0 aromatic carbocycles. The van der Waals surface area contributed by atoms with E-state index in [1.165, 1.54) is 29.8 Å². The Morgan fingerprint density at radius 2 is 2.12 bits per heavy atom. The van der Waals surface area contributed by atoms with E-state index in [4.69, 9.17) is 5.10 Å². The van der Waals surface area contributed by atoms with Crippen LogP contribution in [-0.2, 0) is 6.42 Å². The largest absolute Gasteiger partial charge is 0.319 e. The van der Waals surface area contributed by atoms with Crippen LogP contribution in [0.15, 0.2) is 0 Å². The van der Waals surface area contributed by atoms with E-state index in [0.29, 0.717) is 6.04 Å². The summed E-state index contributed by atoms with van der Waals surface area (Å²) in [4.78, 5) is 0. The Hall–Kier alpha value is -0.830. The summed E-state index contributed by atoms with van der Waals surface area (Å²) in [5.41, 5.74) is 4.04. The molecule has 1 N–H and O–H groups in total. The molecule has 16 heavy (non-hydrogen) atoms. The van der Waals surface area contributed by atoms with Crippen molar-refractivity contribution in [2.45, 2.75) is 46.1 Å². The fraction of sp³-hybridized carbons (Fsp3) is 0.769. The lowest BCUT2D eigenvalue weighted by Gasteiger charge is -2.37. The van der Waals surface area contributed by atoms with Gasteiger partial charge < -0.3 is 5.32 Å². The van der Waals surface area contributed by atoms with Gasteiger partial charge in [0.15, 0.2) is 0 Å². The maximum Gasteiger partial charge on any atom is 0.0628 e. The molecule has 0 aliphatic heterocycles. The molecule has 1 aliphatic carbocycles. The molecule has 90 valence electrons. The molecule has 0 radical (unpaired) electrons. The minimum absolute atomic E-state index is 0.631. The Balaban J connectivity index is 2.21. The van der Waals surface area contributed by atoms with Gasteiger partial charge in [-0.25, -0.2) is 0 Å². The summed E-state index contributed by atoms with van der Waals surface area (Å²) >= 11 is 0. The van der Waals surface area contributed by atoms with Crippen molar-refractivity contribution in [2.75, 3.05) is 13.6 Å². The van der Waals surface area contributed by atoms with E-state index in [2.05, 4.69) is 30.8 Å². The van der Waals surface area contributed by atoms with Crippen molar-refractivity contribution in [1.82, 2.24) is 15.1 Å². The first-order chi connectivity index (χ1) is 7.69. The standard InChI is InChI=1S/C13H23N3/c1-5-12-9(2)15-16(10(12)3)13-7-6-11(13)8-14-4/h11,13-14H,5-8H2,1-4H3. The van der Waals surface area contributed by atoms with Crippen molar-refractivity contribution >= 4 is 0 Å². The molecule has 0 saturated heterocycles. The maximum atomic E-state index is 4.72. The number of nitrogens with zero attached hydrogens (tertiary/aromatic N) is 2. The second-order valence-electron chi connectivity index (χ2n) is 4.91. The van der Waals surface area contributed by atoms with Gasteiger partial charge in [-0.2, -0.15) is 5.10 Å². The zero-order chi connectivity index (χ0) is 11.7. The molecule has 3 nitrogen and oxygen atoms in total. The highest BCUT2D eigenvalue weighted by Crippen LogP contribution is 2.39. The second kappa shape index (κ2) is 4.58. The minimum atomic E-state index is 0.631. The SMILES string of the molecule is CCc1c(C)nn(C2CCC2CNC)c1C. The van der Waals surface area contributed by atoms with Gasteiger partial charge in [0.05, 0.1) is 11.7 Å². The first kappa shape index (κ1) is 11.6. The summed E-state index contributed by atoms with van der Waals surface area (Å²) < 4.78 is 2.28. The van der Waals surface area contributed by atoms with Gasteiger partial charge in [-0.3, -0.25) is 4.68 Å². The molecule has 1 heterocycles. The van der Waals surface area contributed by atoms with Crippen LogP contribution in [0, 0.1) is 19.8 Å². The van der Waals surface area contributed by atoms with Gasteiger partial charge in [0, 0.05) is 5.69 Å². The van der Waals surface area contributed by atoms with Crippen LogP contribution in [0.4, 0.5) is 0 Å². The average molecular weight is 221 g/mol. The minimum Gasteiger partial charge on any atom is -0.319 e. The fourth-order valence-corrected chi connectivity index (χ4v) is 2.91. The molecular weight excluding hydrogens is 198 g/mol. The van der Waals surface area contributed by atoms with Gasteiger partial charge in [-0.1, -0.05) is 6.92 Å². The lowest BCUT2D eigenvalue weighted by molar-refractivity contribution is 0.163. The third-order valence-electron chi connectivity index (χ3n) is 3.99. The number of aromatic nitrogens is 2. The van der Waals surface area contributed by atoms with E-state index in [1.807, 2.05) is 7.05 Å². The van der Waals surface area contributed by atoms with Crippen LogP contribution in [-0.4, -0.2) is 23.4 Å². The number of hydrogen-bond donors (Lipinski definition) is 1. The van der Waals surface area contributed by atoms with Crippen LogP contribution < -0.4 is 5.32 Å². The van der Waals surface area contributed by atoms with Crippen molar-refractivity contribution in [3.05, 3.63) is 17.0 Å². The van der Waals surface area contributed by atoms with Gasteiger partial charge in [0.2, 0.25) is 0 Å².